The van der Waals surface area contributed by atoms with E-state index in [2.05, 4.69) is 19.9 Å². The third-order valence-corrected chi connectivity index (χ3v) is 2.92. The fraction of sp³-hybridized carbons (Fsp3) is 0.250. The molecule has 0 amide bonds. The summed E-state index contributed by atoms with van der Waals surface area (Å²) < 4.78 is 3.75. The Balaban J connectivity index is 2.06. The lowest BCUT2D eigenvalue weighted by Gasteiger charge is -2.00. The first kappa shape index (κ1) is 10.9. The zero-order valence-corrected chi connectivity index (χ0v) is 10.1. The highest BCUT2D eigenvalue weighted by Gasteiger charge is 2.09. The summed E-state index contributed by atoms with van der Waals surface area (Å²) in [6, 6.07) is 3.96. The van der Waals surface area contributed by atoms with Crippen molar-refractivity contribution in [3.63, 3.8) is 0 Å². The van der Waals surface area contributed by atoms with Gasteiger partial charge < -0.3 is 10.3 Å². The predicted molar refractivity (Wildman–Crippen MR) is 67.7 cm³/mol. The summed E-state index contributed by atoms with van der Waals surface area (Å²) in [5.41, 5.74) is 8.69. The van der Waals surface area contributed by atoms with E-state index in [1.54, 1.807) is 10.9 Å². The first-order chi connectivity index (χ1) is 8.78. The van der Waals surface area contributed by atoms with E-state index >= 15 is 0 Å². The molecule has 0 aliphatic rings. The Morgan fingerprint density at radius 3 is 2.94 bits per heavy atom. The molecule has 3 aromatic rings. The summed E-state index contributed by atoms with van der Waals surface area (Å²) in [6.45, 7) is 1.16. The number of pyridine rings is 1. The van der Waals surface area contributed by atoms with Gasteiger partial charge in [0.25, 0.3) is 0 Å². The van der Waals surface area contributed by atoms with Crippen molar-refractivity contribution in [3.8, 4) is 0 Å². The van der Waals surface area contributed by atoms with Crippen LogP contribution < -0.4 is 5.73 Å². The van der Waals surface area contributed by atoms with Gasteiger partial charge in [0.2, 0.25) is 0 Å². The maximum absolute atomic E-state index is 5.75. The summed E-state index contributed by atoms with van der Waals surface area (Å²) in [6.07, 6.45) is 5.72. The van der Waals surface area contributed by atoms with Crippen molar-refractivity contribution in [1.82, 2.24) is 24.5 Å². The molecule has 0 radical (unpaired) electrons. The van der Waals surface area contributed by atoms with E-state index in [1.165, 1.54) is 0 Å². The molecule has 0 bridgehead atoms. The number of fused-ring (bicyclic) bond motifs is 1. The normalized spacial score (nSPS) is 11.2. The molecule has 0 aliphatic heterocycles. The van der Waals surface area contributed by atoms with Gasteiger partial charge in [-0.1, -0.05) is 5.21 Å². The third-order valence-electron chi connectivity index (χ3n) is 2.92. The van der Waals surface area contributed by atoms with E-state index < -0.39 is 0 Å². The molecule has 0 spiro atoms. The molecule has 6 nitrogen and oxygen atoms in total. The van der Waals surface area contributed by atoms with Gasteiger partial charge >= 0.3 is 0 Å². The van der Waals surface area contributed by atoms with Gasteiger partial charge in [0.05, 0.1) is 6.54 Å². The van der Waals surface area contributed by atoms with Crippen LogP contribution in [0.5, 0.6) is 0 Å². The molecular formula is C12H14N6. The van der Waals surface area contributed by atoms with Crippen molar-refractivity contribution < 1.29 is 0 Å². The molecule has 0 unspecified atom stereocenters. The molecule has 6 heteroatoms. The average molecular weight is 242 g/mol. The van der Waals surface area contributed by atoms with Crippen molar-refractivity contribution in [3.05, 3.63) is 42.0 Å². The Hall–Kier alpha value is -2.21. The quantitative estimate of drug-likeness (QED) is 0.732. The van der Waals surface area contributed by atoms with Gasteiger partial charge in [0, 0.05) is 37.6 Å². The highest BCUT2D eigenvalue weighted by molar-refractivity contribution is 5.80. The predicted octanol–water partition coefficient (Wildman–Crippen LogP) is 0.672. The van der Waals surface area contributed by atoms with E-state index in [4.69, 9.17) is 5.73 Å². The SMILES string of the molecule is Cn1cc(Cn2cc(CN)c3cccnc32)nn1. The molecule has 3 aromatic heterocycles. The van der Waals surface area contributed by atoms with E-state index in [1.807, 2.05) is 31.6 Å². The van der Waals surface area contributed by atoms with E-state index in [0.717, 1.165) is 22.3 Å². The Labute approximate surface area is 104 Å². The minimum absolute atomic E-state index is 0.510. The van der Waals surface area contributed by atoms with E-state index in [9.17, 15) is 0 Å². The molecule has 3 heterocycles. The fourth-order valence-electron chi connectivity index (χ4n) is 2.12. The smallest absolute Gasteiger partial charge is 0.140 e. The summed E-state index contributed by atoms with van der Waals surface area (Å²) in [4.78, 5) is 4.41. The second kappa shape index (κ2) is 4.23. The highest BCUT2D eigenvalue weighted by atomic mass is 15.4. The monoisotopic (exact) mass is 242 g/mol. The summed E-state index contributed by atoms with van der Waals surface area (Å²) in [5.74, 6) is 0. The lowest BCUT2D eigenvalue weighted by molar-refractivity contribution is 0.710. The second-order valence-corrected chi connectivity index (χ2v) is 4.24. The van der Waals surface area contributed by atoms with Crippen LogP contribution in [0.15, 0.2) is 30.7 Å². The van der Waals surface area contributed by atoms with Crippen molar-refractivity contribution in [2.45, 2.75) is 13.1 Å². The summed E-state index contributed by atoms with van der Waals surface area (Å²) >= 11 is 0. The summed E-state index contributed by atoms with van der Waals surface area (Å²) in [7, 11) is 1.85. The van der Waals surface area contributed by atoms with Gasteiger partial charge in [0.15, 0.2) is 0 Å². The van der Waals surface area contributed by atoms with Gasteiger partial charge in [-0.25, -0.2) is 4.98 Å². The van der Waals surface area contributed by atoms with Crippen LogP contribution in [0.25, 0.3) is 11.0 Å². The van der Waals surface area contributed by atoms with Crippen molar-refractivity contribution >= 4 is 11.0 Å². The zero-order chi connectivity index (χ0) is 12.5. The van der Waals surface area contributed by atoms with E-state index in [0.29, 0.717) is 13.1 Å². The van der Waals surface area contributed by atoms with Crippen LogP contribution in [0.2, 0.25) is 0 Å². The molecule has 2 N–H and O–H groups in total. The molecule has 18 heavy (non-hydrogen) atoms. The summed E-state index contributed by atoms with van der Waals surface area (Å²) in [5, 5.41) is 9.11. The average Bonchev–Trinajstić information content (AvgIpc) is 2.95. The van der Waals surface area contributed by atoms with Crippen LogP contribution >= 0.6 is 0 Å². The van der Waals surface area contributed by atoms with Crippen molar-refractivity contribution in [2.24, 2.45) is 12.8 Å². The molecule has 3 rings (SSSR count). The first-order valence-corrected chi connectivity index (χ1v) is 5.76. The molecule has 0 aromatic carbocycles. The standard InChI is InChI=1S/C12H14N6/c1-17-7-10(15-16-17)8-18-6-9(5-13)11-3-2-4-14-12(11)18/h2-4,6-7H,5,8,13H2,1H3. The van der Waals surface area contributed by atoms with Crippen molar-refractivity contribution in [2.75, 3.05) is 0 Å². The Bertz CT molecular complexity index is 681. The number of aromatic nitrogens is 5. The van der Waals surface area contributed by atoms with Crippen LogP contribution in [0.4, 0.5) is 0 Å². The Kier molecular flexibility index (Phi) is 2.56. The third kappa shape index (κ3) is 1.76. The van der Waals surface area contributed by atoms with Gasteiger partial charge in [-0.3, -0.25) is 4.68 Å². The molecule has 0 atom stereocenters. The number of hydrogen-bond donors (Lipinski definition) is 1. The Morgan fingerprint density at radius 1 is 1.33 bits per heavy atom. The van der Waals surface area contributed by atoms with E-state index in [-0.39, 0.29) is 0 Å². The van der Waals surface area contributed by atoms with Gasteiger partial charge in [-0.2, -0.15) is 0 Å². The van der Waals surface area contributed by atoms with Crippen LogP contribution in [-0.4, -0.2) is 24.5 Å². The number of nitrogens with two attached hydrogens (primary N) is 1. The van der Waals surface area contributed by atoms with Gasteiger partial charge in [0.1, 0.15) is 11.3 Å². The topological polar surface area (TPSA) is 74.5 Å². The number of nitrogens with zero attached hydrogens (tertiary/aromatic N) is 5. The lowest BCUT2D eigenvalue weighted by Crippen LogP contribution is -2.00. The van der Waals surface area contributed by atoms with Gasteiger partial charge in [-0.05, 0) is 17.7 Å². The maximum Gasteiger partial charge on any atom is 0.140 e. The van der Waals surface area contributed by atoms with Crippen molar-refractivity contribution in [1.29, 1.82) is 0 Å². The molecule has 0 aliphatic carbocycles. The molecule has 0 saturated heterocycles. The largest absolute Gasteiger partial charge is 0.326 e. The molecule has 0 saturated carbocycles. The lowest BCUT2D eigenvalue weighted by atomic mass is 10.2. The first-order valence-electron chi connectivity index (χ1n) is 5.76. The zero-order valence-electron chi connectivity index (χ0n) is 10.1. The van der Waals surface area contributed by atoms with Crippen LogP contribution in [0, 0.1) is 0 Å². The van der Waals surface area contributed by atoms with Crippen LogP contribution in [0.1, 0.15) is 11.3 Å². The number of hydrogen-bond acceptors (Lipinski definition) is 4. The number of rotatable bonds is 3. The Morgan fingerprint density at radius 2 is 2.22 bits per heavy atom. The number of aryl methyl sites for hydroxylation is 1. The molecule has 0 fully saturated rings. The molecular weight excluding hydrogens is 228 g/mol. The fourth-order valence-corrected chi connectivity index (χ4v) is 2.12. The minimum atomic E-state index is 0.510. The second-order valence-electron chi connectivity index (χ2n) is 4.24. The minimum Gasteiger partial charge on any atom is -0.326 e. The molecule has 92 valence electrons. The van der Waals surface area contributed by atoms with Gasteiger partial charge in [-0.15, -0.1) is 5.10 Å². The van der Waals surface area contributed by atoms with Crippen LogP contribution in [0.3, 0.4) is 0 Å². The van der Waals surface area contributed by atoms with Crippen LogP contribution in [-0.2, 0) is 20.1 Å². The highest BCUT2D eigenvalue weighted by Crippen LogP contribution is 2.19. The maximum atomic E-state index is 5.75.